The highest BCUT2D eigenvalue weighted by molar-refractivity contribution is 5.87. The summed E-state index contributed by atoms with van der Waals surface area (Å²) in [5.74, 6) is 0.0898. The van der Waals surface area contributed by atoms with Gasteiger partial charge in [0.25, 0.3) is 0 Å². The molecule has 0 saturated carbocycles. The molecule has 0 aliphatic heterocycles. The zero-order valence-electron chi connectivity index (χ0n) is 13.1. The van der Waals surface area contributed by atoms with Gasteiger partial charge in [0.1, 0.15) is 6.54 Å². The van der Waals surface area contributed by atoms with Crippen molar-refractivity contribution in [1.82, 2.24) is 30.2 Å². The van der Waals surface area contributed by atoms with E-state index >= 15 is 0 Å². The van der Waals surface area contributed by atoms with Crippen molar-refractivity contribution in [3.05, 3.63) is 36.3 Å². The molecular weight excluding hydrogens is 298 g/mol. The largest absolute Gasteiger partial charge is 0.354 e. The molecule has 0 unspecified atom stereocenters. The zero-order valence-corrected chi connectivity index (χ0v) is 13.1. The van der Waals surface area contributed by atoms with Gasteiger partial charge in [-0.3, -0.25) is 15.1 Å². The smallest absolute Gasteiger partial charge is 0.322 e. The number of amides is 3. The average Bonchev–Trinajstić information content (AvgIpc) is 2.95. The number of hydrogen-bond acceptors (Lipinski definition) is 5. The maximum Gasteiger partial charge on any atom is 0.322 e. The van der Waals surface area contributed by atoms with E-state index in [4.69, 9.17) is 0 Å². The summed E-state index contributed by atoms with van der Waals surface area (Å²) in [5, 5.41) is 13.3. The van der Waals surface area contributed by atoms with Crippen LogP contribution in [0.5, 0.6) is 0 Å². The Labute approximate surface area is 133 Å². The fraction of sp³-hybridized carbons (Fsp3) is 0.357. The van der Waals surface area contributed by atoms with Gasteiger partial charge >= 0.3 is 6.03 Å². The molecule has 0 radical (unpaired) electrons. The van der Waals surface area contributed by atoms with E-state index in [1.807, 2.05) is 18.2 Å². The molecule has 2 rings (SSSR count). The Kier molecular flexibility index (Phi) is 5.61. The standard InChI is InChI=1S/C14H19N7O2/c1-20(2)14(23)18-12-9-17-21(19-12)10-13(22)16-8-6-11-5-3-4-7-15-11/h3-5,7,9H,6,8,10H2,1-2H3,(H,16,22)(H,18,19,23). The molecule has 0 fully saturated rings. The van der Waals surface area contributed by atoms with E-state index in [2.05, 4.69) is 25.8 Å². The molecule has 0 aliphatic rings. The second-order valence-corrected chi connectivity index (χ2v) is 5.01. The molecule has 0 atom stereocenters. The Morgan fingerprint density at radius 3 is 2.83 bits per heavy atom. The summed E-state index contributed by atoms with van der Waals surface area (Å²) in [6.45, 7) is 0.474. The quantitative estimate of drug-likeness (QED) is 0.787. The maximum atomic E-state index is 11.8. The monoisotopic (exact) mass is 317 g/mol. The van der Waals surface area contributed by atoms with Crippen molar-refractivity contribution < 1.29 is 9.59 Å². The van der Waals surface area contributed by atoms with Gasteiger partial charge in [0.2, 0.25) is 5.91 Å². The summed E-state index contributed by atoms with van der Waals surface area (Å²) in [4.78, 5) is 30.1. The van der Waals surface area contributed by atoms with Crippen LogP contribution in [0.25, 0.3) is 0 Å². The number of hydrogen-bond donors (Lipinski definition) is 2. The van der Waals surface area contributed by atoms with Crippen LogP contribution in [0.1, 0.15) is 5.69 Å². The molecule has 0 spiro atoms. The first-order chi connectivity index (χ1) is 11.0. The highest BCUT2D eigenvalue weighted by atomic mass is 16.2. The number of pyridine rings is 1. The third-order valence-electron chi connectivity index (χ3n) is 2.89. The van der Waals surface area contributed by atoms with Gasteiger partial charge in [-0.15, -0.1) is 5.10 Å². The third kappa shape index (κ3) is 5.38. The number of urea groups is 1. The molecule has 0 aromatic carbocycles. The van der Waals surface area contributed by atoms with Crippen molar-refractivity contribution in [1.29, 1.82) is 0 Å². The van der Waals surface area contributed by atoms with E-state index in [0.29, 0.717) is 18.8 Å². The van der Waals surface area contributed by atoms with Crippen molar-refractivity contribution in [2.75, 3.05) is 26.0 Å². The van der Waals surface area contributed by atoms with Crippen molar-refractivity contribution in [3.8, 4) is 0 Å². The highest BCUT2D eigenvalue weighted by Gasteiger charge is 2.09. The molecule has 0 bridgehead atoms. The van der Waals surface area contributed by atoms with Gasteiger partial charge in [0.15, 0.2) is 5.82 Å². The van der Waals surface area contributed by atoms with Crippen molar-refractivity contribution in [3.63, 3.8) is 0 Å². The number of anilines is 1. The van der Waals surface area contributed by atoms with Crippen molar-refractivity contribution in [2.24, 2.45) is 0 Å². The average molecular weight is 317 g/mol. The SMILES string of the molecule is CN(C)C(=O)Nc1cnn(CC(=O)NCCc2ccccn2)n1. The van der Waals surface area contributed by atoms with Crippen LogP contribution in [0.15, 0.2) is 30.6 Å². The zero-order chi connectivity index (χ0) is 16.7. The number of aromatic nitrogens is 4. The predicted octanol–water partition coefficient (Wildman–Crippen LogP) is 0.126. The molecule has 9 nitrogen and oxygen atoms in total. The van der Waals surface area contributed by atoms with Gasteiger partial charge in [-0.25, -0.2) is 4.79 Å². The van der Waals surface area contributed by atoms with Crippen LogP contribution in [0.4, 0.5) is 10.6 Å². The molecule has 2 N–H and O–H groups in total. The second-order valence-electron chi connectivity index (χ2n) is 5.01. The molecule has 3 amide bonds. The highest BCUT2D eigenvalue weighted by Crippen LogP contribution is 2.00. The summed E-state index contributed by atoms with van der Waals surface area (Å²) in [7, 11) is 3.24. The van der Waals surface area contributed by atoms with Gasteiger partial charge in [0, 0.05) is 39.0 Å². The summed E-state index contributed by atoms with van der Waals surface area (Å²) in [5.41, 5.74) is 0.915. The Balaban J connectivity index is 1.75. The first kappa shape index (κ1) is 16.4. The molecule has 0 aliphatic carbocycles. The Hall–Kier alpha value is -2.97. The molecule has 23 heavy (non-hydrogen) atoms. The van der Waals surface area contributed by atoms with E-state index in [0.717, 1.165) is 5.69 Å². The number of carbonyl (C=O) groups is 2. The summed E-state index contributed by atoms with van der Waals surface area (Å²) < 4.78 is 0. The summed E-state index contributed by atoms with van der Waals surface area (Å²) >= 11 is 0. The minimum absolute atomic E-state index is 0.0138. The van der Waals surface area contributed by atoms with Crippen LogP contribution in [0.2, 0.25) is 0 Å². The lowest BCUT2D eigenvalue weighted by atomic mass is 10.3. The maximum absolute atomic E-state index is 11.8. The summed E-state index contributed by atoms with van der Waals surface area (Å²) in [6, 6.07) is 5.34. The predicted molar refractivity (Wildman–Crippen MR) is 83.7 cm³/mol. The Bertz CT molecular complexity index is 654. The molecule has 9 heteroatoms. The van der Waals surface area contributed by atoms with Crippen molar-refractivity contribution >= 4 is 17.8 Å². The normalized spacial score (nSPS) is 10.2. The fourth-order valence-electron chi connectivity index (χ4n) is 1.71. The van der Waals surface area contributed by atoms with Gasteiger partial charge in [-0.1, -0.05) is 6.07 Å². The lowest BCUT2D eigenvalue weighted by molar-refractivity contribution is -0.122. The van der Waals surface area contributed by atoms with Crippen LogP contribution in [0.3, 0.4) is 0 Å². The van der Waals surface area contributed by atoms with Crippen molar-refractivity contribution in [2.45, 2.75) is 13.0 Å². The molecule has 0 saturated heterocycles. The number of rotatable bonds is 6. The minimum atomic E-state index is -0.308. The second kappa shape index (κ2) is 7.87. The first-order valence-corrected chi connectivity index (χ1v) is 7.09. The van der Waals surface area contributed by atoms with E-state index in [1.54, 1.807) is 20.3 Å². The molecule has 2 aromatic rings. The lowest BCUT2D eigenvalue weighted by Gasteiger charge is -2.09. The Morgan fingerprint density at radius 2 is 2.13 bits per heavy atom. The number of carbonyl (C=O) groups excluding carboxylic acids is 2. The van der Waals surface area contributed by atoms with Crippen LogP contribution < -0.4 is 10.6 Å². The third-order valence-corrected chi connectivity index (χ3v) is 2.89. The Morgan fingerprint density at radius 1 is 1.30 bits per heavy atom. The fourth-order valence-corrected chi connectivity index (χ4v) is 1.71. The number of nitrogens with one attached hydrogen (secondary N) is 2. The van der Waals surface area contributed by atoms with Gasteiger partial charge in [0.05, 0.1) is 6.20 Å². The van der Waals surface area contributed by atoms with E-state index in [-0.39, 0.29) is 18.5 Å². The van der Waals surface area contributed by atoms with Crippen LogP contribution in [0, 0.1) is 0 Å². The van der Waals surface area contributed by atoms with E-state index < -0.39 is 0 Å². The molecular formula is C14H19N7O2. The number of nitrogens with zero attached hydrogens (tertiary/aromatic N) is 5. The van der Waals surface area contributed by atoms with E-state index in [1.165, 1.54) is 15.9 Å². The van der Waals surface area contributed by atoms with Crippen LogP contribution >= 0.6 is 0 Å². The van der Waals surface area contributed by atoms with E-state index in [9.17, 15) is 9.59 Å². The summed E-state index contributed by atoms with van der Waals surface area (Å²) in [6.07, 6.45) is 3.76. The molecule has 2 heterocycles. The molecule has 122 valence electrons. The topological polar surface area (TPSA) is 105 Å². The molecule has 2 aromatic heterocycles. The lowest BCUT2D eigenvalue weighted by Crippen LogP contribution is -2.30. The van der Waals surface area contributed by atoms with Crippen LogP contribution in [-0.4, -0.2) is 57.5 Å². The van der Waals surface area contributed by atoms with Gasteiger partial charge < -0.3 is 10.2 Å². The first-order valence-electron chi connectivity index (χ1n) is 7.09. The van der Waals surface area contributed by atoms with Gasteiger partial charge in [-0.05, 0) is 12.1 Å². The van der Waals surface area contributed by atoms with Crippen LogP contribution in [-0.2, 0) is 17.8 Å². The minimum Gasteiger partial charge on any atom is -0.354 e. The van der Waals surface area contributed by atoms with Gasteiger partial charge in [-0.2, -0.15) is 9.90 Å².